The third kappa shape index (κ3) is 5.53. The Morgan fingerprint density at radius 1 is 1.03 bits per heavy atom. The minimum Gasteiger partial charge on any atom is -0.339 e. The van der Waals surface area contributed by atoms with E-state index in [0.717, 1.165) is 5.56 Å². The molecule has 2 aromatic carbocycles. The number of nitrogens with zero attached hydrogens (tertiary/aromatic N) is 3. The summed E-state index contributed by atoms with van der Waals surface area (Å²) < 4.78 is 5.21. The molecule has 8 nitrogen and oxygen atoms in total. The van der Waals surface area contributed by atoms with Crippen LogP contribution < -0.4 is 10.6 Å². The summed E-state index contributed by atoms with van der Waals surface area (Å²) in [5.74, 6) is 0.347. The molecule has 0 aliphatic rings. The Balaban J connectivity index is 1.28. The maximum absolute atomic E-state index is 12.2. The summed E-state index contributed by atoms with van der Waals surface area (Å²) in [4.78, 5) is 32.7. The lowest BCUT2D eigenvalue weighted by Gasteiger charge is -2.06. The van der Waals surface area contributed by atoms with E-state index in [1.165, 1.54) is 11.3 Å². The van der Waals surface area contributed by atoms with Gasteiger partial charge in [0.15, 0.2) is 5.13 Å². The Morgan fingerprint density at radius 3 is 2.52 bits per heavy atom. The summed E-state index contributed by atoms with van der Waals surface area (Å²) in [6, 6.07) is 13.7. The molecular formula is C21H16ClN5O3S. The van der Waals surface area contributed by atoms with Crippen molar-refractivity contribution in [2.24, 2.45) is 0 Å². The van der Waals surface area contributed by atoms with Gasteiger partial charge in [-0.3, -0.25) is 14.9 Å². The molecule has 4 rings (SSSR count). The van der Waals surface area contributed by atoms with E-state index in [1.807, 2.05) is 0 Å². The smallest absolute Gasteiger partial charge is 0.257 e. The zero-order valence-corrected chi connectivity index (χ0v) is 17.6. The van der Waals surface area contributed by atoms with Gasteiger partial charge in [-0.2, -0.15) is 4.98 Å². The van der Waals surface area contributed by atoms with E-state index < -0.39 is 0 Å². The molecular weight excluding hydrogens is 438 g/mol. The highest BCUT2D eigenvalue weighted by molar-refractivity contribution is 7.13. The van der Waals surface area contributed by atoms with Gasteiger partial charge in [0.25, 0.3) is 5.91 Å². The third-order valence-corrected chi connectivity index (χ3v) is 5.16. The molecule has 0 unspecified atom stereocenters. The number of anilines is 2. The largest absolute Gasteiger partial charge is 0.339 e. The van der Waals surface area contributed by atoms with Crippen LogP contribution in [0, 0.1) is 0 Å². The van der Waals surface area contributed by atoms with E-state index in [0.29, 0.717) is 39.5 Å². The Labute approximate surface area is 186 Å². The number of rotatable bonds is 7. The van der Waals surface area contributed by atoms with E-state index in [1.54, 1.807) is 60.1 Å². The summed E-state index contributed by atoms with van der Waals surface area (Å²) in [6.07, 6.45) is 2.10. The summed E-state index contributed by atoms with van der Waals surface area (Å²) in [6.45, 7) is 0. The second-order valence-electron chi connectivity index (χ2n) is 6.44. The molecule has 0 atom stereocenters. The molecule has 2 aromatic heterocycles. The highest BCUT2D eigenvalue weighted by Crippen LogP contribution is 2.19. The van der Waals surface area contributed by atoms with Crippen molar-refractivity contribution in [1.29, 1.82) is 0 Å². The van der Waals surface area contributed by atoms with Crippen LogP contribution in [0.15, 0.2) is 64.6 Å². The minimum atomic E-state index is -0.263. The number of amides is 2. The molecule has 0 spiro atoms. The van der Waals surface area contributed by atoms with E-state index in [4.69, 9.17) is 16.1 Å². The molecule has 0 fully saturated rings. The highest BCUT2D eigenvalue weighted by Gasteiger charge is 2.12. The number of benzene rings is 2. The Morgan fingerprint density at radius 2 is 1.81 bits per heavy atom. The van der Waals surface area contributed by atoms with Gasteiger partial charge in [-0.15, -0.1) is 11.3 Å². The second kappa shape index (κ2) is 9.50. The van der Waals surface area contributed by atoms with E-state index in [9.17, 15) is 9.59 Å². The molecule has 156 valence electrons. The fourth-order valence-electron chi connectivity index (χ4n) is 2.68. The van der Waals surface area contributed by atoms with Crippen LogP contribution in [0.5, 0.6) is 0 Å². The topological polar surface area (TPSA) is 110 Å². The molecule has 4 aromatic rings. The van der Waals surface area contributed by atoms with Gasteiger partial charge in [-0.25, -0.2) is 4.98 Å². The maximum Gasteiger partial charge on any atom is 0.257 e. The standard InChI is InChI=1S/C21H16ClN5O3S/c22-15-5-1-13(2-6-15)19-25-18(30-27-19)10-9-17(28)24-16-7-3-14(4-8-16)20(29)26-21-23-11-12-31-21/h1-8,11-12H,9-10H2,(H,24,28)(H,23,26,29). The van der Waals surface area contributed by atoms with Crippen LogP contribution in [0.1, 0.15) is 22.7 Å². The lowest BCUT2D eigenvalue weighted by molar-refractivity contribution is -0.116. The first-order valence-electron chi connectivity index (χ1n) is 9.26. The molecule has 31 heavy (non-hydrogen) atoms. The number of hydrogen-bond acceptors (Lipinski definition) is 7. The van der Waals surface area contributed by atoms with Crippen LogP contribution in [0.4, 0.5) is 10.8 Å². The van der Waals surface area contributed by atoms with Crippen molar-refractivity contribution >= 4 is 45.6 Å². The monoisotopic (exact) mass is 453 g/mol. The summed E-state index contributed by atoms with van der Waals surface area (Å²) in [5, 5.41) is 12.3. The summed E-state index contributed by atoms with van der Waals surface area (Å²) in [7, 11) is 0. The molecule has 2 N–H and O–H groups in total. The van der Waals surface area contributed by atoms with Gasteiger partial charge in [-0.05, 0) is 48.5 Å². The van der Waals surface area contributed by atoms with Gasteiger partial charge < -0.3 is 9.84 Å². The van der Waals surface area contributed by atoms with Crippen LogP contribution in [0.25, 0.3) is 11.4 Å². The number of carbonyl (C=O) groups is 2. The third-order valence-electron chi connectivity index (χ3n) is 4.22. The molecule has 0 bridgehead atoms. The first-order chi connectivity index (χ1) is 15.1. The molecule has 0 aliphatic carbocycles. The molecule has 0 saturated carbocycles. The zero-order valence-electron chi connectivity index (χ0n) is 16.0. The average Bonchev–Trinajstić information content (AvgIpc) is 3.45. The fourth-order valence-corrected chi connectivity index (χ4v) is 3.33. The molecule has 2 heterocycles. The van der Waals surface area contributed by atoms with Gasteiger partial charge in [0.2, 0.25) is 17.6 Å². The normalized spacial score (nSPS) is 10.6. The van der Waals surface area contributed by atoms with Gasteiger partial charge in [0.1, 0.15) is 0 Å². The molecule has 2 amide bonds. The molecule has 10 heteroatoms. The van der Waals surface area contributed by atoms with Crippen molar-refractivity contribution in [1.82, 2.24) is 15.1 Å². The second-order valence-corrected chi connectivity index (χ2v) is 7.77. The van der Waals surface area contributed by atoms with Crippen LogP contribution in [-0.2, 0) is 11.2 Å². The number of nitrogens with one attached hydrogen (secondary N) is 2. The minimum absolute atomic E-state index is 0.175. The number of halogens is 1. The van der Waals surface area contributed by atoms with Crippen LogP contribution in [0.2, 0.25) is 5.02 Å². The van der Waals surface area contributed by atoms with Crippen LogP contribution >= 0.6 is 22.9 Å². The van der Waals surface area contributed by atoms with Gasteiger partial charge in [0.05, 0.1) is 0 Å². The average molecular weight is 454 g/mol. The van der Waals surface area contributed by atoms with Crippen molar-refractivity contribution in [3.8, 4) is 11.4 Å². The highest BCUT2D eigenvalue weighted by atomic mass is 35.5. The van der Waals surface area contributed by atoms with E-state index >= 15 is 0 Å². The molecule has 0 radical (unpaired) electrons. The summed E-state index contributed by atoms with van der Waals surface area (Å²) >= 11 is 7.22. The lowest BCUT2D eigenvalue weighted by atomic mass is 10.2. The Kier molecular flexibility index (Phi) is 6.34. The number of carbonyl (C=O) groups excluding carboxylic acids is 2. The molecule has 0 aliphatic heterocycles. The Hall–Kier alpha value is -3.56. The van der Waals surface area contributed by atoms with Crippen molar-refractivity contribution in [2.75, 3.05) is 10.6 Å². The number of aromatic nitrogens is 3. The predicted molar refractivity (Wildman–Crippen MR) is 118 cm³/mol. The zero-order chi connectivity index (χ0) is 21.6. The van der Waals surface area contributed by atoms with E-state index in [2.05, 4.69) is 25.8 Å². The first-order valence-corrected chi connectivity index (χ1v) is 10.5. The SMILES string of the molecule is O=C(CCc1nc(-c2ccc(Cl)cc2)no1)Nc1ccc(C(=O)Nc2nccs2)cc1. The lowest BCUT2D eigenvalue weighted by Crippen LogP contribution is -2.14. The predicted octanol–water partition coefficient (Wildman–Crippen LogP) is 4.67. The molecule has 0 saturated heterocycles. The summed E-state index contributed by atoms with van der Waals surface area (Å²) in [5.41, 5.74) is 1.83. The number of hydrogen-bond donors (Lipinski definition) is 2. The van der Waals surface area contributed by atoms with Crippen LogP contribution in [0.3, 0.4) is 0 Å². The van der Waals surface area contributed by atoms with Crippen molar-refractivity contribution in [2.45, 2.75) is 12.8 Å². The van der Waals surface area contributed by atoms with Gasteiger partial charge in [0, 0.05) is 46.3 Å². The number of thiazole rings is 1. The van der Waals surface area contributed by atoms with Crippen molar-refractivity contribution < 1.29 is 14.1 Å². The number of aryl methyl sites for hydroxylation is 1. The van der Waals surface area contributed by atoms with Crippen molar-refractivity contribution in [3.05, 3.63) is 76.6 Å². The van der Waals surface area contributed by atoms with Crippen LogP contribution in [-0.4, -0.2) is 26.9 Å². The van der Waals surface area contributed by atoms with E-state index in [-0.39, 0.29) is 18.2 Å². The maximum atomic E-state index is 12.2. The fraction of sp³-hybridized carbons (Fsp3) is 0.0952. The van der Waals surface area contributed by atoms with Crippen molar-refractivity contribution in [3.63, 3.8) is 0 Å². The van der Waals surface area contributed by atoms with Gasteiger partial charge >= 0.3 is 0 Å². The Bertz CT molecular complexity index is 1170. The van der Waals surface area contributed by atoms with Gasteiger partial charge in [-0.1, -0.05) is 16.8 Å². The first kappa shape index (κ1) is 20.7. The quantitative estimate of drug-likeness (QED) is 0.420.